The van der Waals surface area contributed by atoms with Gasteiger partial charge in [0.1, 0.15) is 0 Å². The molecule has 1 saturated carbocycles. The molecule has 1 fully saturated rings. The van der Waals surface area contributed by atoms with Gasteiger partial charge in [-0.15, -0.1) is 0 Å². The molecule has 0 unspecified atom stereocenters. The minimum atomic E-state index is -0.568. The number of benzene rings is 1. The first-order chi connectivity index (χ1) is 9.12. The van der Waals surface area contributed by atoms with Gasteiger partial charge in [-0.3, -0.25) is 10.2 Å². The third-order valence-electron chi connectivity index (χ3n) is 3.53. The summed E-state index contributed by atoms with van der Waals surface area (Å²) in [5.74, 6) is 6.64. The highest BCUT2D eigenvalue weighted by atomic mass is 16.5. The number of methoxy groups -OCH3 is 3. The first-order valence-electron chi connectivity index (χ1n) is 5.94. The molecule has 1 amide bonds. The average Bonchev–Trinajstić information content (AvgIpc) is 3.26. The second-order valence-corrected chi connectivity index (χ2v) is 4.47. The van der Waals surface area contributed by atoms with E-state index in [-0.39, 0.29) is 5.91 Å². The molecule has 1 aromatic rings. The van der Waals surface area contributed by atoms with Crippen molar-refractivity contribution in [3.63, 3.8) is 0 Å². The number of nitrogens with two attached hydrogens (primary N) is 1. The van der Waals surface area contributed by atoms with Crippen molar-refractivity contribution in [2.24, 2.45) is 5.84 Å². The van der Waals surface area contributed by atoms with E-state index in [1.165, 1.54) is 0 Å². The highest BCUT2D eigenvalue weighted by Gasteiger charge is 2.51. The minimum Gasteiger partial charge on any atom is -0.493 e. The molecule has 1 aliphatic carbocycles. The molecule has 0 atom stereocenters. The molecule has 0 heterocycles. The second kappa shape index (κ2) is 4.97. The van der Waals surface area contributed by atoms with Gasteiger partial charge in [-0.05, 0) is 30.5 Å². The lowest BCUT2D eigenvalue weighted by Gasteiger charge is -2.18. The van der Waals surface area contributed by atoms with Gasteiger partial charge in [-0.25, -0.2) is 5.84 Å². The zero-order valence-electron chi connectivity index (χ0n) is 11.3. The number of hydrogen-bond donors (Lipinski definition) is 2. The number of amides is 1. The van der Waals surface area contributed by atoms with Crippen LogP contribution in [0.25, 0.3) is 0 Å². The van der Waals surface area contributed by atoms with E-state index in [1.807, 2.05) is 0 Å². The first kappa shape index (κ1) is 13.5. The molecule has 0 spiro atoms. The summed E-state index contributed by atoms with van der Waals surface area (Å²) in [6.45, 7) is 0. The van der Waals surface area contributed by atoms with Crippen molar-refractivity contribution < 1.29 is 19.0 Å². The molecular formula is C13H18N2O4. The van der Waals surface area contributed by atoms with Crippen LogP contribution in [0.1, 0.15) is 18.4 Å². The van der Waals surface area contributed by atoms with E-state index < -0.39 is 5.41 Å². The van der Waals surface area contributed by atoms with Crippen LogP contribution in [0.4, 0.5) is 0 Å². The lowest BCUT2D eigenvalue weighted by atomic mass is 9.94. The van der Waals surface area contributed by atoms with Crippen LogP contribution in [-0.4, -0.2) is 27.2 Å². The molecule has 0 aliphatic heterocycles. The zero-order valence-corrected chi connectivity index (χ0v) is 11.3. The maximum absolute atomic E-state index is 11.9. The van der Waals surface area contributed by atoms with Gasteiger partial charge < -0.3 is 14.2 Å². The van der Waals surface area contributed by atoms with Gasteiger partial charge in [-0.2, -0.15) is 0 Å². The van der Waals surface area contributed by atoms with E-state index in [4.69, 9.17) is 20.1 Å². The first-order valence-corrected chi connectivity index (χ1v) is 5.94. The maximum atomic E-state index is 11.9. The molecule has 0 aromatic heterocycles. The van der Waals surface area contributed by atoms with Crippen molar-refractivity contribution in [1.29, 1.82) is 0 Å². The second-order valence-electron chi connectivity index (χ2n) is 4.47. The average molecular weight is 266 g/mol. The fourth-order valence-corrected chi connectivity index (χ4v) is 2.27. The monoisotopic (exact) mass is 266 g/mol. The number of hydrogen-bond acceptors (Lipinski definition) is 5. The van der Waals surface area contributed by atoms with E-state index in [9.17, 15) is 4.79 Å². The summed E-state index contributed by atoms with van der Waals surface area (Å²) < 4.78 is 15.8. The minimum absolute atomic E-state index is 0.193. The molecule has 0 radical (unpaired) electrons. The standard InChI is InChI=1S/C13H18N2O4/c1-17-9-6-8(7-10(18-2)11(9)19-3)13(4-5-13)12(16)15-14/h6-7H,4-5,14H2,1-3H3,(H,15,16). The molecule has 6 nitrogen and oxygen atoms in total. The summed E-state index contributed by atoms with van der Waals surface area (Å²) in [4.78, 5) is 11.9. The highest BCUT2D eigenvalue weighted by molar-refractivity contribution is 5.91. The summed E-state index contributed by atoms with van der Waals surface area (Å²) in [7, 11) is 4.63. The van der Waals surface area contributed by atoms with Crippen LogP contribution in [0.3, 0.4) is 0 Å². The Morgan fingerprint density at radius 3 is 2.00 bits per heavy atom. The van der Waals surface area contributed by atoms with Crippen LogP contribution in [0.2, 0.25) is 0 Å². The maximum Gasteiger partial charge on any atom is 0.244 e. The Balaban J connectivity index is 2.51. The van der Waals surface area contributed by atoms with E-state index in [1.54, 1.807) is 33.5 Å². The molecule has 1 aromatic carbocycles. The molecule has 19 heavy (non-hydrogen) atoms. The lowest BCUT2D eigenvalue weighted by molar-refractivity contribution is -0.123. The predicted molar refractivity (Wildman–Crippen MR) is 69.3 cm³/mol. The third kappa shape index (κ3) is 2.08. The van der Waals surface area contributed by atoms with E-state index in [2.05, 4.69) is 5.43 Å². The molecule has 3 N–H and O–H groups in total. The fourth-order valence-electron chi connectivity index (χ4n) is 2.27. The van der Waals surface area contributed by atoms with Crippen molar-refractivity contribution in [3.05, 3.63) is 17.7 Å². The van der Waals surface area contributed by atoms with Crippen LogP contribution >= 0.6 is 0 Å². The Kier molecular flexibility index (Phi) is 3.53. The Morgan fingerprint density at radius 1 is 1.16 bits per heavy atom. The van der Waals surface area contributed by atoms with Crippen LogP contribution in [0.15, 0.2) is 12.1 Å². The van der Waals surface area contributed by atoms with Crippen molar-refractivity contribution in [1.82, 2.24) is 5.43 Å². The van der Waals surface area contributed by atoms with Gasteiger partial charge in [-0.1, -0.05) is 0 Å². The number of carbonyl (C=O) groups is 1. The molecule has 6 heteroatoms. The molecule has 1 aliphatic rings. The van der Waals surface area contributed by atoms with E-state index >= 15 is 0 Å². The Labute approximate surface area is 111 Å². The van der Waals surface area contributed by atoms with Crippen LogP contribution in [-0.2, 0) is 10.2 Å². The van der Waals surface area contributed by atoms with Gasteiger partial charge in [0.25, 0.3) is 0 Å². The largest absolute Gasteiger partial charge is 0.493 e. The molecule has 104 valence electrons. The van der Waals surface area contributed by atoms with Gasteiger partial charge in [0.15, 0.2) is 11.5 Å². The summed E-state index contributed by atoms with van der Waals surface area (Å²) in [6, 6.07) is 3.59. The number of carbonyl (C=O) groups excluding carboxylic acids is 1. The van der Waals surface area contributed by atoms with Gasteiger partial charge in [0.05, 0.1) is 26.7 Å². The third-order valence-corrected chi connectivity index (χ3v) is 3.53. The molecule has 0 saturated heterocycles. The van der Waals surface area contributed by atoms with Gasteiger partial charge in [0, 0.05) is 0 Å². The number of hydrazine groups is 1. The molecule has 2 rings (SSSR count). The number of ether oxygens (including phenoxy) is 3. The summed E-state index contributed by atoms with van der Waals surface area (Å²) in [5, 5.41) is 0. The van der Waals surface area contributed by atoms with E-state index in [0.717, 1.165) is 18.4 Å². The number of rotatable bonds is 5. The quantitative estimate of drug-likeness (QED) is 0.466. The SMILES string of the molecule is COc1cc(C2(C(=O)NN)CC2)cc(OC)c1OC. The normalized spacial score (nSPS) is 15.6. The van der Waals surface area contributed by atoms with E-state index in [0.29, 0.717) is 17.2 Å². The Bertz CT molecular complexity index is 472. The summed E-state index contributed by atoms with van der Waals surface area (Å²) in [6.07, 6.45) is 1.52. The topological polar surface area (TPSA) is 82.8 Å². The Morgan fingerprint density at radius 2 is 1.68 bits per heavy atom. The molecule has 0 bridgehead atoms. The number of nitrogens with one attached hydrogen (secondary N) is 1. The van der Waals surface area contributed by atoms with Crippen molar-refractivity contribution in [2.75, 3.05) is 21.3 Å². The Hall–Kier alpha value is -1.95. The molecular weight excluding hydrogens is 248 g/mol. The predicted octanol–water partition coefficient (Wildman–Crippen LogP) is 0.734. The van der Waals surface area contributed by atoms with Crippen molar-refractivity contribution in [2.45, 2.75) is 18.3 Å². The highest BCUT2D eigenvalue weighted by Crippen LogP contribution is 2.52. The van der Waals surface area contributed by atoms with Gasteiger partial charge >= 0.3 is 0 Å². The summed E-state index contributed by atoms with van der Waals surface area (Å²) in [5.41, 5.74) is 2.47. The lowest BCUT2D eigenvalue weighted by Crippen LogP contribution is -2.39. The van der Waals surface area contributed by atoms with Gasteiger partial charge in [0.2, 0.25) is 11.7 Å². The summed E-state index contributed by atoms with van der Waals surface area (Å²) >= 11 is 0. The van der Waals surface area contributed by atoms with Crippen molar-refractivity contribution in [3.8, 4) is 17.2 Å². The smallest absolute Gasteiger partial charge is 0.244 e. The van der Waals surface area contributed by atoms with Crippen LogP contribution in [0.5, 0.6) is 17.2 Å². The van der Waals surface area contributed by atoms with Crippen LogP contribution < -0.4 is 25.5 Å². The fraction of sp³-hybridized carbons (Fsp3) is 0.462. The zero-order chi connectivity index (χ0) is 14.0. The van der Waals surface area contributed by atoms with Crippen LogP contribution in [0, 0.1) is 0 Å². The van der Waals surface area contributed by atoms with Crippen molar-refractivity contribution >= 4 is 5.91 Å².